The molecule has 2 aromatic heterocycles. The van der Waals surface area contributed by atoms with Crippen LogP contribution >= 0.6 is 0 Å². The van der Waals surface area contributed by atoms with E-state index in [9.17, 15) is 0 Å². The molecule has 3 heterocycles. The lowest BCUT2D eigenvalue weighted by Gasteiger charge is -2.27. The number of pyridine rings is 1. The number of hydrogen-bond acceptors (Lipinski definition) is 4. The van der Waals surface area contributed by atoms with E-state index >= 15 is 0 Å². The van der Waals surface area contributed by atoms with Crippen molar-refractivity contribution in [2.75, 3.05) is 16.5 Å². The average molecular weight is 919 g/mol. The van der Waals surface area contributed by atoms with E-state index in [1.165, 1.54) is 50.2 Å². The van der Waals surface area contributed by atoms with Gasteiger partial charge in [0.25, 0.3) is 0 Å². The number of nitrogens with zero attached hydrogens (tertiary/aromatic N) is 4. The number of fused-ring (bicyclic) bond motifs is 4. The standard InChI is InChI=1S/C66H54N4O/c1-44-26-28-49(29-27-44)59-42-67-64(38-45(59)2)70-60-37-32-50(46-30-33-51(34-31-46)66(3,4)5)39-58(60)57-36-35-54(41-63(57)70)71-53-21-14-20-52(40-53)68-43-69(62-25-13-12-24-61(62)68)65-55(47-16-8-6-9-17-47)22-15-23-56(65)48-18-10-7-11-19-48/h6-42H,43H2,1-5H3. The molecule has 0 aliphatic carbocycles. The molecule has 71 heavy (non-hydrogen) atoms. The van der Waals surface area contributed by atoms with E-state index < -0.39 is 0 Å². The zero-order valence-corrected chi connectivity index (χ0v) is 40.8. The Morgan fingerprint density at radius 1 is 0.451 bits per heavy atom. The highest BCUT2D eigenvalue weighted by molar-refractivity contribution is 6.11. The molecule has 1 aliphatic heterocycles. The predicted octanol–water partition coefficient (Wildman–Crippen LogP) is 17.8. The van der Waals surface area contributed by atoms with Crippen molar-refractivity contribution in [1.82, 2.24) is 9.55 Å². The second-order valence-electron chi connectivity index (χ2n) is 19.8. The summed E-state index contributed by atoms with van der Waals surface area (Å²) < 4.78 is 9.19. The quantitative estimate of drug-likeness (QED) is 0.144. The summed E-state index contributed by atoms with van der Waals surface area (Å²) in [6.45, 7) is 11.7. The molecule has 344 valence electrons. The number of hydrogen-bond donors (Lipinski definition) is 0. The van der Waals surface area contributed by atoms with Gasteiger partial charge in [-0.3, -0.25) is 4.57 Å². The molecule has 5 heteroatoms. The van der Waals surface area contributed by atoms with E-state index in [2.05, 4.69) is 261 Å². The molecule has 9 aromatic carbocycles. The fraction of sp³-hybridized carbons (Fsp3) is 0.106. The van der Waals surface area contributed by atoms with Crippen molar-refractivity contribution in [1.29, 1.82) is 0 Å². The van der Waals surface area contributed by atoms with E-state index in [1.807, 2.05) is 12.3 Å². The van der Waals surface area contributed by atoms with Gasteiger partial charge in [-0.15, -0.1) is 0 Å². The van der Waals surface area contributed by atoms with E-state index in [4.69, 9.17) is 9.72 Å². The minimum atomic E-state index is 0.0840. The minimum absolute atomic E-state index is 0.0840. The average Bonchev–Trinajstić information content (AvgIpc) is 3.95. The molecule has 0 fully saturated rings. The lowest BCUT2D eigenvalue weighted by molar-refractivity contribution is 0.483. The molecule has 0 bridgehead atoms. The van der Waals surface area contributed by atoms with Crippen LogP contribution in [0.5, 0.6) is 11.5 Å². The second kappa shape index (κ2) is 17.7. The summed E-state index contributed by atoms with van der Waals surface area (Å²) in [5.74, 6) is 2.37. The summed E-state index contributed by atoms with van der Waals surface area (Å²) in [6, 6.07) is 78.5. The smallest absolute Gasteiger partial charge is 0.137 e. The van der Waals surface area contributed by atoms with Gasteiger partial charge in [-0.25, -0.2) is 4.98 Å². The largest absolute Gasteiger partial charge is 0.457 e. The molecule has 0 N–H and O–H groups in total. The first-order chi connectivity index (χ1) is 34.6. The van der Waals surface area contributed by atoms with Gasteiger partial charge in [0, 0.05) is 51.5 Å². The maximum atomic E-state index is 6.89. The first kappa shape index (κ1) is 43.6. The molecule has 0 radical (unpaired) electrons. The molecule has 5 nitrogen and oxygen atoms in total. The number of aryl methyl sites for hydroxylation is 2. The van der Waals surface area contributed by atoms with E-state index in [0.29, 0.717) is 6.67 Å². The molecule has 1 aliphatic rings. The maximum absolute atomic E-state index is 6.89. The fourth-order valence-corrected chi connectivity index (χ4v) is 10.4. The normalized spacial score (nSPS) is 12.5. The SMILES string of the molecule is Cc1ccc(-c2cnc(-n3c4ccc(-c5ccc(C(C)(C)C)cc5)cc4c4ccc(Oc5cccc(N6CN(c7c(-c8ccccc8)cccc7-c7ccccc7)c7ccccc76)c5)cc43)cc2C)cc1. The third-order valence-corrected chi connectivity index (χ3v) is 14.1. The molecule has 0 saturated heterocycles. The van der Waals surface area contributed by atoms with Crippen LogP contribution in [0.1, 0.15) is 37.5 Å². The Bertz CT molecular complexity index is 3700. The topological polar surface area (TPSA) is 33.5 Å². The monoisotopic (exact) mass is 918 g/mol. The van der Waals surface area contributed by atoms with Crippen LogP contribution in [-0.4, -0.2) is 16.2 Å². The fourth-order valence-electron chi connectivity index (χ4n) is 10.4. The molecule has 0 spiro atoms. The van der Waals surface area contributed by atoms with Crippen molar-refractivity contribution in [3.05, 3.63) is 241 Å². The predicted molar refractivity (Wildman–Crippen MR) is 297 cm³/mol. The number of rotatable bonds is 9. The molecule has 12 rings (SSSR count). The van der Waals surface area contributed by atoms with Crippen LogP contribution in [0.2, 0.25) is 0 Å². The van der Waals surface area contributed by atoms with Gasteiger partial charge in [-0.05, 0) is 113 Å². The third kappa shape index (κ3) is 8.09. The lowest BCUT2D eigenvalue weighted by Crippen LogP contribution is -2.24. The Hall–Kier alpha value is -8.67. The molecule has 0 amide bonds. The third-order valence-electron chi connectivity index (χ3n) is 14.1. The van der Waals surface area contributed by atoms with Crippen LogP contribution in [0, 0.1) is 13.8 Å². The lowest BCUT2D eigenvalue weighted by atomic mass is 9.86. The summed E-state index contributed by atoms with van der Waals surface area (Å²) in [7, 11) is 0. The van der Waals surface area contributed by atoms with Crippen molar-refractivity contribution in [3.8, 4) is 61.8 Å². The Morgan fingerprint density at radius 3 is 1.73 bits per heavy atom. The van der Waals surface area contributed by atoms with Crippen LogP contribution < -0.4 is 14.5 Å². The zero-order chi connectivity index (χ0) is 48.2. The van der Waals surface area contributed by atoms with Crippen molar-refractivity contribution in [3.63, 3.8) is 0 Å². The summed E-state index contributed by atoms with van der Waals surface area (Å²) >= 11 is 0. The summed E-state index contributed by atoms with van der Waals surface area (Å²) in [4.78, 5) is 10.0. The highest BCUT2D eigenvalue weighted by Gasteiger charge is 2.31. The van der Waals surface area contributed by atoms with Crippen molar-refractivity contribution in [2.24, 2.45) is 0 Å². The molecular formula is C66H54N4O. The number of aromatic nitrogens is 2. The van der Waals surface area contributed by atoms with Gasteiger partial charge < -0.3 is 14.5 Å². The van der Waals surface area contributed by atoms with Crippen molar-refractivity contribution in [2.45, 2.75) is 40.0 Å². The van der Waals surface area contributed by atoms with Gasteiger partial charge in [0.2, 0.25) is 0 Å². The zero-order valence-electron chi connectivity index (χ0n) is 40.8. The van der Waals surface area contributed by atoms with E-state index in [0.717, 1.165) is 72.9 Å². The van der Waals surface area contributed by atoms with Crippen LogP contribution in [-0.2, 0) is 5.41 Å². The molecule has 11 aromatic rings. The first-order valence-corrected chi connectivity index (χ1v) is 24.5. The second-order valence-corrected chi connectivity index (χ2v) is 19.8. The van der Waals surface area contributed by atoms with Crippen LogP contribution in [0.3, 0.4) is 0 Å². The molecular weight excluding hydrogens is 865 g/mol. The Morgan fingerprint density at radius 2 is 1.06 bits per heavy atom. The van der Waals surface area contributed by atoms with Crippen LogP contribution in [0.15, 0.2) is 225 Å². The first-order valence-electron chi connectivity index (χ1n) is 24.5. The van der Waals surface area contributed by atoms with Crippen LogP contribution in [0.25, 0.3) is 72.1 Å². The summed E-state index contributed by atoms with van der Waals surface area (Å²) in [5.41, 5.74) is 19.8. The Balaban J connectivity index is 0.926. The highest BCUT2D eigenvalue weighted by atomic mass is 16.5. The van der Waals surface area contributed by atoms with Crippen LogP contribution in [0.4, 0.5) is 22.7 Å². The summed E-state index contributed by atoms with van der Waals surface area (Å²) in [6.07, 6.45) is 2.02. The number of para-hydroxylation sites is 3. The van der Waals surface area contributed by atoms with Gasteiger partial charge in [0.1, 0.15) is 24.0 Å². The van der Waals surface area contributed by atoms with Gasteiger partial charge in [0.05, 0.1) is 28.1 Å². The van der Waals surface area contributed by atoms with E-state index in [-0.39, 0.29) is 5.41 Å². The Labute approximate surface area is 416 Å². The van der Waals surface area contributed by atoms with Crippen molar-refractivity contribution >= 4 is 44.6 Å². The van der Waals surface area contributed by atoms with Gasteiger partial charge >= 0.3 is 0 Å². The van der Waals surface area contributed by atoms with Gasteiger partial charge in [0.15, 0.2) is 0 Å². The van der Waals surface area contributed by atoms with E-state index in [1.54, 1.807) is 0 Å². The Kier molecular flexibility index (Phi) is 10.9. The maximum Gasteiger partial charge on any atom is 0.137 e. The molecule has 0 saturated carbocycles. The number of ether oxygens (including phenoxy) is 1. The van der Waals surface area contributed by atoms with Crippen molar-refractivity contribution < 1.29 is 4.74 Å². The molecule has 0 unspecified atom stereocenters. The van der Waals surface area contributed by atoms with Gasteiger partial charge in [-0.1, -0.05) is 178 Å². The molecule has 0 atom stereocenters. The highest BCUT2D eigenvalue weighted by Crippen LogP contribution is 2.50. The number of anilines is 4. The minimum Gasteiger partial charge on any atom is -0.457 e. The van der Waals surface area contributed by atoms with Gasteiger partial charge in [-0.2, -0.15) is 0 Å². The number of benzene rings is 9. The summed E-state index contributed by atoms with van der Waals surface area (Å²) in [5, 5.41) is 2.30.